The van der Waals surface area contributed by atoms with Crippen LogP contribution in [0.25, 0.3) is 0 Å². The summed E-state index contributed by atoms with van der Waals surface area (Å²) in [5.41, 5.74) is 0.805. The first-order valence-corrected chi connectivity index (χ1v) is 8.35. The predicted octanol–water partition coefficient (Wildman–Crippen LogP) is 3.22. The van der Waals surface area contributed by atoms with Crippen molar-refractivity contribution in [1.29, 1.82) is 0 Å². The van der Waals surface area contributed by atoms with Crippen LogP contribution < -0.4 is 4.72 Å². The summed E-state index contributed by atoms with van der Waals surface area (Å²) in [4.78, 5) is 0.0182. The lowest BCUT2D eigenvalue weighted by atomic mass is 10.1. The zero-order valence-electron chi connectivity index (χ0n) is 10.9. The number of rotatable bonds is 5. The first-order valence-electron chi connectivity index (χ1n) is 6.11. The van der Waals surface area contributed by atoms with Gasteiger partial charge in [-0.05, 0) is 42.3 Å². The normalized spacial score (nSPS) is 11.5. The van der Waals surface area contributed by atoms with Gasteiger partial charge in [0.05, 0.1) is 4.90 Å². The summed E-state index contributed by atoms with van der Waals surface area (Å²) in [6.45, 7) is 0.194. The minimum absolute atomic E-state index is 0.0182. The van der Waals surface area contributed by atoms with Crippen LogP contribution >= 0.6 is 23.2 Å². The molecule has 7 heteroatoms. The average molecular weight is 346 g/mol. The van der Waals surface area contributed by atoms with Crippen molar-refractivity contribution in [3.8, 4) is 5.75 Å². The van der Waals surface area contributed by atoms with E-state index in [4.69, 9.17) is 23.2 Å². The van der Waals surface area contributed by atoms with Crippen LogP contribution in [-0.2, 0) is 16.4 Å². The number of phenolic OH excluding ortho intramolecular Hbond substituents is 1. The van der Waals surface area contributed by atoms with Crippen molar-refractivity contribution in [2.45, 2.75) is 11.3 Å². The van der Waals surface area contributed by atoms with Crippen molar-refractivity contribution in [2.24, 2.45) is 0 Å². The number of benzene rings is 2. The van der Waals surface area contributed by atoms with Crippen LogP contribution in [0.2, 0.25) is 10.0 Å². The molecular formula is C14H13Cl2NO3S. The van der Waals surface area contributed by atoms with Crippen LogP contribution in [0, 0.1) is 0 Å². The fourth-order valence-corrected chi connectivity index (χ4v) is 3.35. The molecule has 0 aliphatic rings. The summed E-state index contributed by atoms with van der Waals surface area (Å²) in [6.07, 6.45) is 0.439. The average Bonchev–Trinajstić information content (AvgIpc) is 2.41. The van der Waals surface area contributed by atoms with Crippen LogP contribution in [0.15, 0.2) is 47.4 Å². The van der Waals surface area contributed by atoms with Crippen LogP contribution in [0.5, 0.6) is 5.75 Å². The Morgan fingerprint density at radius 1 is 1.10 bits per heavy atom. The van der Waals surface area contributed by atoms with Crippen molar-refractivity contribution in [3.05, 3.63) is 58.1 Å². The van der Waals surface area contributed by atoms with Crippen LogP contribution in [0.1, 0.15) is 5.56 Å². The standard InChI is InChI=1S/C14H13Cl2NO3S/c15-11-5-4-10(14(16)8-11)6-7-17-21(19,20)13-3-1-2-12(18)9-13/h1-5,8-9,17-18H,6-7H2. The topological polar surface area (TPSA) is 66.4 Å². The third-order valence-corrected chi connectivity index (χ3v) is 4.88. The van der Waals surface area contributed by atoms with Gasteiger partial charge < -0.3 is 5.11 Å². The van der Waals surface area contributed by atoms with E-state index in [0.29, 0.717) is 16.5 Å². The van der Waals surface area contributed by atoms with Crippen molar-refractivity contribution in [1.82, 2.24) is 4.72 Å². The summed E-state index contributed by atoms with van der Waals surface area (Å²) in [6, 6.07) is 10.6. The summed E-state index contributed by atoms with van der Waals surface area (Å²) in [5, 5.41) is 10.4. The maximum atomic E-state index is 12.0. The summed E-state index contributed by atoms with van der Waals surface area (Å²) >= 11 is 11.8. The second kappa shape index (κ2) is 6.66. The third kappa shape index (κ3) is 4.35. The van der Waals surface area contributed by atoms with Gasteiger partial charge in [0.1, 0.15) is 5.75 Å². The second-order valence-corrected chi connectivity index (χ2v) is 6.99. The van der Waals surface area contributed by atoms with Gasteiger partial charge in [0, 0.05) is 16.6 Å². The molecule has 2 aromatic carbocycles. The Morgan fingerprint density at radius 3 is 2.52 bits per heavy atom. The highest BCUT2D eigenvalue weighted by Gasteiger charge is 2.14. The smallest absolute Gasteiger partial charge is 0.240 e. The Morgan fingerprint density at radius 2 is 1.86 bits per heavy atom. The molecule has 0 heterocycles. The molecule has 0 unspecified atom stereocenters. The quantitative estimate of drug-likeness (QED) is 0.874. The number of nitrogens with one attached hydrogen (secondary N) is 1. The van der Waals surface area contributed by atoms with Gasteiger partial charge in [-0.25, -0.2) is 13.1 Å². The van der Waals surface area contributed by atoms with E-state index < -0.39 is 10.0 Å². The number of aromatic hydroxyl groups is 1. The molecule has 0 saturated heterocycles. The van der Waals surface area contributed by atoms with E-state index in [1.54, 1.807) is 18.2 Å². The molecule has 21 heavy (non-hydrogen) atoms. The maximum Gasteiger partial charge on any atom is 0.240 e. The Labute approximate surface area is 133 Å². The Bertz CT molecular complexity index is 748. The van der Waals surface area contributed by atoms with E-state index in [0.717, 1.165) is 5.56 Å². The Kier molecular flexibility index (Phi) is 5.11. The minimum Gasteiger partial charge on any atom is -0.508 e. The third-order valence-electron chi connectivity index (χ3n) is 2.83. The highest BCUT2D eigenvalue weighted by Crippen LogP contribution is 2.21. The van der Waals surface area contributed by atoms with Gasteiger partial charge in [-0.3, -0.25) is 0 Å². The molecule has 0 aliphatic carbocycles. The first-order chi connectivity index (χ1) is 9.88. The Hall–Kier alpha value is -1.27. The lowest BCUT2D eigenvalue weighted by Gasteiger charge is -2.08. The highest BCUT2D eigenvalue weighted by molar-refractivity contribution is 7.89. The van der Waals surface area contributed by atoms with E-state index in [1.165, 1.54) is 24.3 Å². The number of phenols is 1. The predicted molar refractivity (Wildman–Crippen MR) is 83.5 cm³/mol. The van der Waals surface area contributed by atoms with E-state index in [1.807, 2.05) is 0 Å². The van der Waals surface area contributed by atoms with Gasteiger partial charge in [-0.15, -0.1) is 0 Å². The molecule has 2 aromatic rings. The van der Waals surface area contributed by atoms with Gasteiger partial charge in [0.25, 0.3) is 0 Å². The van der Waals surface area contributed by atoms with Crippen molar-refractivity contribution < 1.29 is 13.5 Å². The van der Waals surface area contributed by atoms with Crippen LogP contribution in [-0.4, -0.2) is 20.1 Å². The molecular weight excluding hydrogens is 333 g/mol. The van der Waals surface area contributed by atoms with Crippen molar-refractivity contribution in [3.63, 3.8) is 0 Å². The Balaban J connectivity index is 2.02. The second-order valence-electron chi connectivity index (χ2n) is 4.38. The molecule has 0 aliphatic heterocycles. The van der Waals surface area contributed by atoms with Crippen LogP contribution in [0.4, 0.5) is 0 Å². The first kappa shape index (κ1) is 16.1. The number of hydrogen-bond acceptors (Lipinski definition) is 3. The summed E-state index contributed by atoms with van der Waals surface area (Å²) in [7, 11) is -3.65. The van der Waals surface area contributed by atoms with E-state index >= 15 is 0 Å². The fourth-order valence-electron chi connectivity index (χ4n) is 1.78. The zero-order valence-corrected chi connectivity index (χ0v) is 13.2. The fraction of sp³-hybridized carbons (Fsp3) is 0.143. The lowest BCUT2D eigenvalue weighted by molar-refractivity contribution is 0.473. The molecule has 0 saturated carbocycles. The molecule has 0 spiro atoms. The van der Waals surface area contributed by atoms with E-state index in [9.17, 15) is 13.5 Å². The monoisotopic (exact) mass is 345 g/mol. The molecule has 0 bridgehead atoms. The van der Waals surface area contributed by atoms with Crippen molar-refractivity contribution >= 4 is 33.2 Å². The number of sulfonamides is 1. The van der Waals surface area contributed by atoms with Gasteiger partial charge in [-0.1, -0.05) is 35.3 Å². The maximum absolute atomic E-state index is 12.0. The SMILES string of the molecule is O=S(=O)(NCCc1ccc(Cl)cc1Cl)c1cccc(O)c1. The van der Waals surface area contributed by atoms with Crippen LogP contribution in [0.3, 0.4) is 0 Å². The lowest BCUT2D eigenvalue weighted by Crippen LogP contribution is -2.26. The molecule has 0 atom stereocenters. The number of halogens is 2. The molecule has 0 amide bonds. The van der Waals surface area contributed by atoms with E-state index in [-0.39, 0.29) is 17.2 Å². The molecule has 0 fully saturated rings. The van der Waals surface area contributed by atoms with Crippen molar-refractivity contribution in [2.75, 3.05) is 6.54 Å². The largest absolute Gasteiger partial charge is 0.508 e. The molecule has 2 N–H and O–H groups in total. The summed E-state index contributed by atoms with van der Waals surface area (Å²) < 4.78 is 26.5. The van der Waals surface area contributed by atoms with Gasteiger partial charge in [-0.2, -0.15) is 0 Å². The minimum atomic E-state index is -3.65. The van der Waals surface area contributed by atoms with Gasteiger partial charge in [0.15, 0.2) is 0 Å². The van der Waals surface area contributed by atoms with E-state index in [2.05, 4.69) is 4.72 Å². The summed E-state index contributed by atoms with van der Waals surface area (Å²) in [5.74, 6) is -0.0985. The molecule has 2 rings (SSSR count). The van der Waals surface area contributed by atoms with Gasteiger partial charge in [0.2, 0.25) is 10.0 Å². The molecule has 112 valence electrons. The van der Waals surface area contributed by atoms with Gasteiger partial charge >= 0.3 is 0 Å². The molecule has 0 radical (unpaired) electrons. The molecule has 0 aromatic heterocycles. The molecule has 4 nitrogen and oxygen atoms in total. The zero-order chi connectivity index (χ0) is 15.5. The number of hydrogen-bond donors (Lipinski definition) is 2. The highest BCUT2D eigenvalue weighted by atomic mass is 35.5.